The molecule has 1 unspecified atom stereocenters. The van der Waals surface area contributed by atoms with Gasteiger partial charge in [0.25, 0.3) is 0 Å². The highest BCUT2D eigenvalue weighted by Gasteiger charge is 2.13. The zero-order valence-electron chi connectivity index (χ0n) is 22.0. The van der Waals surface area contributed by atoms with Crippen LogP contribution in [-0.4, -0.2) is 6.04 Å². The highest BCUT2D eigenvalue weighted by Crippen LogP contribution is 2.31. The van der Waals surface area contributed by atoms with E-state index in [1.165, 1.54) is 38.7 Å². The molecule has 1 aliphatic heterocycles. The molecule has 2 atom stereocenters. The molecule has 3 aromatic carbocycles. The summed E-state index contributed by atoms with van der Waals surface area (Å²) in [6.45, 7) is 7.43. The molecule has 188 valence electrons. The summed E-state index contributed by atoms with van der Waals surface area (Å²) in [5.74, 6) is 0.588. The second-order valence-corrected chi connectivity index (χ2v) is 10.1. The van der Waals surface area contributed by atoms with Crippen molar-refractivity contribution in [3.8, 4) is 0 Å². The number of hydrogen-bond donors (Lipinski definition) is 2. The Balaban J connectivity index is 1.24. The zero-order valence-corrected chi connectivity index (χ0v) is 22.0. The number of nitrogens with one attached hydrogen (secondary N) is 2. The summed E-state index contributed by atoms with van der Waals surface area (Å²) in [5, 5.41) is 9.59. The first-order valence-corrected chi connectivity index (χ1v) is 13.3. The Bertz CT molecular complexity index is 1500. The quantitative estimate of drug-likeness (QED) is 0.257. The monoisotopic (exact) mass is 488 g/mol. The summed E-state index contributed by atoms with van der Waals surface area (Å²) in [4.78, 5) is 0. The van der Waals surface area contributed by atoms with Crippen LogP contribution < -0.4 is 10.6 Å². The molecule has 0 radical (unpaired) electrons. The molecule has 2 N–H and O–H groups in total. The molecule has 0 saturated heterocycles. The smallest absolute Gasteiger partial charge is 0.138 e. The maximum Gasteiger partial charge on any atom is 0.138 e. The lowest BCUT2D eigenvalue weighted by Gasteiger charge is -2.23. The van der Waals surface area contributed by atoms with Gasteiger partial charge in [0.15, 0.2) is 0 Å². The van der Waals surface area contributed by atoms with Crippen LogP contribution in [0.5, 0.6) is 0 Å². The van der Waals surface area contributed by atoms with Crippen molar-refractivity contribution in [1.29, 1.82) is 0 Å². The molecule has 4 aromatic rings. The van der Waals surface area contributed by atoms with E-state index in [-0.39, 0.29) is 0 Å². The van der Waals surface area contributed by atoms with Crippen LogP contribution in [0.4, 0.5) is 0 Å². The van der Waals surface area contributed by atoms with Gasteiger partial charge in [-0.3, -0.25) is 0 Å². The molecule has 3 nitrogen and oxygen atoms in total. The summed E-state index contributed by atoms with van der Waals surface area (Å²) in [6, 6.07) is 23.7. The van der Waals surface area contributed by atoms with Crippen LogP contribution >= 0.6 is 0 Å². The third-order valence-electron chi connectivity index (χ3n) is 6.96. The molecule has 1 aliphatic rings. The fraction of sp³-hybridized carbons (Fsp3) is 0.235. The van der Waals surface area contributed by atoms with E-state index in [4.69, 9.17) is 4.42 Å². The van der Waals surface area contributed by atoms with E-state index in [1.807, 2.05) is 12.1 Å². The van der Waals surface area contributed by atoms with Crippen LogP contribution in [0, 0.1) is 5.92 Å². The van der Waals surface area contributed by atoms with Gasteiger partial charge in [-0.25, -0.2) is 0 Å². The summed E-state index contributed by atoms with van der Waals surface area (Å²) in [5.41, 5.74) is 8.04. The van der Waals surface area contributed by atoms with Gasteiger partial charge in [-0.2, -0.15) is 0 Å². The lowest BCUT2D eigenvalue weighted by atomic mass is 9.97. The molecule has 0 saturated carbocycles. The number of hydrogen-bond acceptors (Lipinski definition) is 3. The van der Waals surface area contributed by atoms with Gasteiger partial charge in [-0.05, 0) is 67.6 Å². The number of furan rings is 1. The van der Waals surface area contributed by atoms with Gasteiger partial charge >= 0.3 is 0 Å². The number of para-hydroxylation sites is 2. The normalized spacial score (nSPS) is 20.8. The van der Waals surface area contributed by atoms with E-state index < -0.39 is 0 Å². The van der Waals surface area contributed by atoms with Crippen molar-refractivity contribution in [2.75, 3.05) is 0 Å². The lowest BCUT2D eigenvalue weighted by molar-refractivity contribution is 0.517. The van der Waals surface area contributed by atoms with Gasteiger partial charge in [0, 0.05) is 34.6 Å². The van der Waals surface area contributed by atoms with Crippen molar-refractivity contribution in [2.24, 2.45) is 5.92 Å². The fourth-order valence-corrected chi connectivity index (χ4v) is 5.16. The van der Waals surface area contributed by atoms with E-state index >= 15 is 0 Å². The molecule has 5 rings (SSSR count). The molecular formula is C34H36N2O. The molecule has 0 aliphatic carbocycles. The van der Waals surface area contributed by atoms with E-state index in [9.17, 15) is 0 Å². The highest BCUT2D eigenvalue weighted by atomic mass is 16.3. The summed E-state index contributed by atoms with van der Waals surface area (Å²) < 4.78 is 6.17. The Morgan fingerprint density at radius 1 is 0.973 bits per heavy atom. The number of rotatable bonds is 7. The lowest BCUT2D eigenvalue weighted by Crippen LogP contribution is -2.27. The highest BCUT2D eigenvalue weighted by molar-refractivity contribution is 6.05. The van der Waals surface area contributed by atoms with E-state index in [1.54, 1.807) is 0 Å². The number of allylic oxidation sites excluding steroid dienone is 6. The third-order valence-corrected chi connectivity index (χ3v) is 6.96. The molecular weight excluding hydrogens is 452 g/mol. The maximum atomic E-state index is 6.17. The Hall–Kier alpha value is -3.98. The summed E-state index contributed by atoms with van der Waals surface area (Å²) >= 11 is 0. The van der Waals surface area contributed by atoms with Crippen molar-refractivity contribution >= 4 is 27.6 Å². The third kappa shape index (κ3) is 5.89. The minimum atomic E-state index is 0.435. The first-order chi connectivity index (χ1) is 18.1. The van der Waals surface area contributed by atoms with Gasteiger partial charge in [0.2, 0.25) is 0 Å². The Morgan fingerprint density at radius 2 is 1.76 bits per heavy atom. The predicted octanol–water partition coefficient (Wildman–Crippen LogP) is 8.29. The Labute approximate surface area is 220 Å². The first-order valence-electron chi connectivity index (χ1n) is 13.3. The number of benzene rings is 3. The SMILES string of the molecule is CC(/C=C\Cc1cccc2c1oc1ccccc12)=C/NCc1ccccc1/C1=C/C=C\C(C)C[C@H](C)N1. The second-order valence-electron chi connectivity index (χ2n) is 10.1. The minimum absolute atomic E-state index is 0.435. The maximum absolute atomic E-state index is 6.17. The van der Waals surface area contributed by atoms with Gasteiger partial charge in [-0.1, -0.05) is 91.9 Å². The van der Waals surface area contributed by atoms with Crippen LogP contribution in [0.3, 0.4) is 0 Å². The Morgan fingerprint density at radius 3 is 2.68 bits per heavy atom. The van der Waals surface area contributed by atoms with Crippen LogP contribution in [0.25, 0.3) is 27.6 Å². The van der Waals surface area contributed by atoms with Crippen molar-refractivity contribution in [3.63, 3.8) is 0 Å². The van der Waals surface area contributed by atoms with Crippen molar-refractivity contribution in [1.82, 2.24) is 10.6 Å². The standard InChI is InChI=1S/C34H36N2O/c1-24-11-9-19-32(36-26(3)21-24)29-16-5-4-13-28(29)23-35-22-25(2)12-8-14-27-15-10-18-31-30-17-6-7-20-33(30)37-34(27)31/h4-13,15-20,22,24,26,35-36H,14,21,23H2,1-3H3/b11-9-,12-8-,25-22-,32-19-/t24?,26-/m0/s1. The Kier molecular flexibility index (Phi) is 7.60. The molecule has 0 spiro atoms. The molecule has 0 amide bonds. The topological polar surface area (TPSA) is 37.2 Å². The van der Waals surface area contributed by atoms with Gasteiger partial charge in [-0.15, -0.1) is 0 Å². The van der Waals surface area contributed by atoms with Crippen molar-refractivity contribution in [3.05, 3.63) is 126 Å². The molecule has 0 bridgehead atoms. The zero-order chi connectivity index (χ0) is 25.6. The van der Waals surface area contributed by atoms with Crippen LogP contribution in [0.1, 0.15) is 43.9 Å². The van der Waals surface area contributed by atoms with Crippen LogP contribution in [-0.2, 0) is 13.0 Å². The minimum Gasteiger partial charge on any atom is -0.456 e. The van der Waals surface area contributed by atoms with Gasteiger partial charge in [0.1, 0.15) is 11.2 Å². The first kappa shape index (κ1) is 24.7. The summed E-state index contributed by atoms with van der Waals surface area (Å²) in [7, 11) is 0. The fourth-order valence-electron chi connectivity index (χ4n) is 5.16. The second kappa shape index (κ2) is 11.4. The predicted molar refractivity (Wildman–Crippen MR) is 157 cm³/mol. The summed E-state index contributed by atoms with van der Waals surface area (Å²) in [6.07, 6.45) is 15.1. The van der Waals surface area contributed by atoms with Crippen molar-refractivity contribution in [2.45, 2.75) is 46.2 Å². The number of fused-ring (bicyclic) bond motifs is 3. The average Bonchev–Trinajstić information content (AvgIpc) is 3.27. The largest absolute Gasteiger partial charge is 0.456 e. The van der Waals surface area contributed by atoms with E-state index in [2.05, 4.69) is 123 Å². The molecule has 0 fully saturated rings. The average molecular weight is 489 g/mol. The molecule has 1 aromatic heterocycles. The van der Waals surface area contributed by atoms with E-state index in [0.29, 0.717) is 12.0 Å². The van der Waals surface area contributed by atoms with Gasteiger partial charge < -0.3 is 15.1 Å². The van der Waals surface area contributed by atoms with Gasteiger partial charge in [0.05, 0.1) is 0 Å². The molecule has 3 heteroatoms. The van der Waals surface area contributed by atoms with Crippen LogP contribution in [0.15, 0.2) is 113 Å². The molecule has 2 heterocycles. The van der Waals surface area contributed by atoms with Crippen molar-refractivity contribution < 1.29 is 4.42 Å². The van der Waals surface area contributed by atoms with E-state index in [0.717, 1.165) is 30.6 Å². The molecule has 37 heavy (non-hydrogen) atoms. The van der Waals surface area contributed by atoms with Crippen LogP contribution in [0.2, 0.25) is 0 Å².